The third-order valence-corrected chi connectivity index (χ3v) is 6.82. The number of carbonyl (C=O) groups excluding carboxylic acids is 1. The van der Waals surface area contributed by atoms with Crippen LogP contribution < -0.4 is 10.4 Å². The van der Waals surface area contributed by atoms with Crippen molar-refractivity contribution >= 4 is 17.4 Å². The van der Waals surface area contributed by atoms with E-state index in [4.69, 9.17) is 21.7 Å². The number of hydrogen-bond acceptors (Lipinski definition) is 4. The summed E-state index contributed by atoms with van der Waals surface area (Å²) in [5.41, 5.74) is 3.93. The minimum absolute atomic E-state index is 0.114. The monoisotopic (exact) mass is 508 g/mol. The zero-order valence-corrected chi connectivity index (χ0v) is 20.4. The van der Waals surface area contributed by atoms with E-state index in [-0.39, 0.29) is 17.4 Å². The Morgan fingerprint density at radius 1 is 1.11 bits per heavy atom. The maximum atomic E-state index is 13.7. The first kappa shape index (κ1) is 23.9. The van der Waals surface area contributed by atoms with Gasteiger partial charge in [-0.25, -0.2) is 9.37 Å². The SMILES string of the molecule is Cc1nc(F)ccc1-c1cc(Cn2ccn(C)c2=N)cc2c1OC[C@@H](Cc1ccc(F)cc1Cl)C2=O. The molecule has 1 aliphatic heterocycles. The fourth-order valence-electron chi connectivity index (χ4n) is 4.57. The van der Waals surface area contributed by atoms with Gasteiger partial charge in [0.1, 0.15) is 11.6 Å². The number of Topliss-reactive ketones (excluding diaryl/α,β-unsaturated/α-hetero) is 1. The average Bonchev–Trinajstić information content (AvgIpc) is 3.14. The number of fused-ring (bicyclic) bond motifs is 1. The fraction of sp³-hybridized carbons (Fsp3) is 0.222. The smallest absolute Gasteiger partial charge is 0.213 e. The summed E-state index contributed by atoms with van der Waals surface area (Å²) >= 11 is 6.21. The number of hydrogen-bond donors (Lipinski definition) is 1. The number of benzene rings is 2. The summed E-state index contributed by atoms with van der Waals surface area (Å²) < 4.78 is 36.8. The Morgan fingerprint density at radius 2 is 1.89 bits per heavy atom. The Balaban J connectivity index is 1.59. The molecule has 0 radical (unpaired) electrons. The molecule has 9 heteroatoms. The normalized spacial score (nSPS) is 15.0. The van der Waals surface area contributed by atoms with E-state index in [1.807, 2.05) is 6.07 Å². The lowest BCUT2D eigenvalue weighted by Gasteiger charge is -2.27. The summed E-state index contributed by atoms with van der Waals surface area (Å²) in [7, 11) is 1.78. The van der Waals surface area contributed by atoms with Gasteiger partial charge in [-0.3, -0.25) is 10.2 Å². The zero-order chi connectivity index (χ0) is 25.6. The number of halogens is 3. The summed E-state index contributed by atoms with van der Waals surface area (Å²) in [5.74, 6) is -1.23. The van der Waals surface area contributed by atoms with Crippen molar-refractivity contribution in [1.29, 1.82) is 5.41 Å². The van der Waals surface area contributed by atoms with Crippen molar-refractivity contribution in [3.05, 3.63) is 99.6 Å². The van der Waals surface area contributed by atoms with Crippen LogP contribution in [-0.2, 0) is 20.0 Å². The Morgan fingerprint density at radius 3 is 2.58 bits per heavy atom. The molecule has 6 nitrogen and oxygen atoms in total. The van der Waals surface area contributed by atoms with E-state index in [2.05, 4.69) is 4.98 Å². The molecular formula is C27H23ClF2N4O2. The number of pyridine rings is 1. The number of rotatable bonds is 5. The molecule has 36 heavy (non-hydrogen) atoms. The third-order valence-electron chi connectivity index (χ3n) is 6.47. The molecule has 2 aromatic heterocycles. The van der Waals surface area contributed by atoms with Crippen LogP contribution in [0.25, 0.3) is 11.1 Å². The van der Waals surface area contributed by atoms with E-state index >= 15 is 0 Å². The van der Waals surface area contributed by atoms with Gasteiger partial charge >= 0.3 is 0 Å². The molecule has 0 unspecified atom stereocenters. The Hall–Kier alpha value is -3.78. The van der Waals surface area contributed by atoms with E-state index in [1.54, 1.807) is 53.7 Å². The van der Waals surface area contributed by atoms with Gasteiger partial charge in [-0.05, 0) is 60.9 Å². The van der Waals surface area contributed by atoms with Gasteiger partial charge in [0, 0.05) is 41.3 Å². The molecule has 0 saturated heterocycles. The predicted molar refractivity (Wildman–Crippen MR) is 131 cm³/mol. The molecule has 0 aliphatic carbocycles. The molecule has 0 amide bonds. The van der Waals surface area contributed by atoms with Crippen LogP contribution in [0.3, 0.4) is 0 Å². The highest BCUT2D eigenvalue weighted by Gasteiger charge is 2.32. The molecule has 2 aromatic carbocycles. The standard InChI is InChI=1S/C27H23ClF2N4O2/c1-15-20(5-6-24(30)32-15)21-9-16(13-34-8-7-33(2)27(34)31)10-22-25(35)18(14-36-26(21)22)11-17-3-4-19(29)12-23(17)28/h3-10,12,18,31H,11,13-14H2,1-2H3/t18-/m1/s1. The quantitative estimate of drug-likeness (QED) is 0.382. The molecule has 0 spiro atoms. The molecule has 1 aliphatic rings. The molecule has 1 atom stereocenters. The van der Waals surface area contributed by atoms with Crippen molar-refractivity contribution in [1.82, 2.24) is 14.1 Å². The lowest BCUT2D eigenvalue weighted by molar-refractivity contribution is 0.0831. The van der Waals surface area contributed by atoms with Crippen LogP contribution in [0.5, 0.6) is 5.75 Å². The number of nitrogens with one attached hydrogen (secondary N) is 1. The van der Waals surface area contributed by atoms with Crippen LogP contribution in [0.1, 0.15) is 27.2 Å². The van der Waals surface area contributed by atoms with Gasteiger partial charge in [-0.1, -0.05) is 17.7 Å². The molecule has 5 rings (SSSR count). The summed E-state index contributed by atoms with van der Waals surface area (Å²) in [4.78, 5) is 17.6. The first-order chi connectivity index (χ1) is 17.2. The van der Waals surface area contributed by atoms with Gasteiger partial charge in [0.2, 0.25) is 11.6 Å². The Kier molecular flexibility index (Phi) is 6.22. The molecule has 1 N–H and O–H groups in total. The Labute approximate surface area is 211 Å². The van der Waals surface area contributed by atoms with Crippen LogP contribution in [0.2, 0.25) is 5.02 Å². The third kappa shape index (κ3) is 4.44. The molecule has 0 bridgehead atoms. The maximum Gasteiger partial charge on any atom is 0.213 e. The summed E-state index contributed by atoms with van der Waals surface area (Å²) in [6.45, 7) is 2.19. The second-order valence-electron chi connectivity index (χ2n) is 8.96. The van der Waals surface area contributed by atoms with Crippen molar-refractivity contribution in [2.75, 3.05) is 6.61 Å². The van der Waals surface area contributed by atoms with Gasteiger partial charge in [-0.15, -0.1) is 0 Å². The molecule has 4 aromatic rings. The highest BCUT2D eigenvalue weighted by Crippen LogP contribution is 2.40. The number of ketones is 1. The topological polar surface area (TPSA) is 72.9 Å². The summed E-state index contributed by atoms with van der Waals surface area (Å²) in [6, 6.07) is 10.7. The van der Waals surface area contributed by atoms with Crippen molar-refractivity contribution in [3.63, 3.8) is 0 Å². The highest BCUT2D eigenvalue weighted by atomic mass is 35.5. The van der Waals surface area contributed by atoms with Gasteiger partial charge in [0.15, 0.2) is 5.78 Å². The number of nitrogens with zero attached hydrogens (tertiary/aromatic N) is 3. The van der Waals surface area contributed by atoms with Crippen LogP contribution in [0, 0.1) is 30.0 Å². The van der Waals surface area contributed by atoms with Crippen molar-refractivity contribution < 1.29 is 18.3 Å². The maximum absolute atomic E-state index is 13.7. The van der Waals surface area contributed by atoms with E-state index in [0.29, 0.717) is 52.3 Å². The van der Waals surface area contributed by atoms with E-state index in [9.17, 15) is 13.6 Å². The van der Waals surface area contributed by atoms with Crippen LogP contribution in [0.4, 0.5) is 8.78 Å². The molecule has 0 saturated carbocycles. The van der Waals surface area contributed by atoms with Gasteiger partial charge in [0.05, 0.1) is 24.6 Å². The Bertz CT molecular complexity index is 1560. The number of aromatic nitrogens is 3. The molecule has 184 valence electrons. The fourth-order valence-corrected chi connectivity index (χ4v) is 4.81. The van der Waals surface area contributed by atoms with E-state index < -0.39 is 17.7 Å². The van der Waals surface area contributed by atoms with Crippen LogP contribution in [0.15, 0.2) is 54.9 Å². The average molecular weight is 509 g/mol. The van der Waals surface area contributed by atoms with Gasteiger partial charge in [-0.2, -0.15) is 4.39 Å². The van der Waals surface area contributed by atoms with E-state index in [1.165, 1.54) is 18.2 Å². The zero-order valence-electron chi connectivity index (χ0n) is 19.7. The first-order valence-corrected chi connectivity index (χ1v) is 11.8. The van der Waals surface area contributed by atoms with Crippen molar-refractivity contribution in [3.8, 4) is 16.9 Å². The van der Waals surface area contributed by atoms with Crippen molar-refractivity contribution in [2.24, 2.45) is 13.0 Å². The highest BCUT2D eigenvalue weighted by molar-refractivity contribution is 6.31. The van der Waals surface area contributed by atoms with E-state index in [0.717, 1.165) is 5.56 Å². The molecule has 3 heterocycles. The molecular weight excluding hydrogens is 486 g/mol. The summed E-state index contributed by atoms with van der Waals surface area (Å²) in [5, 5.41) is 8.53. The van der Waals surface area contributed by atoms with Gasteiger partial charge in [0.25, 0.3) is 0 Å². The largest absolute Gasteiger partial charge is 0.491 e. The number of carbonyl (C=O) groups is 1. The van der Waals surface area contributed by atoms with Crippen LogP contribution in [-0.4, -0.2) is 26.5 Å². The minimum Gasteiger partial charge on any atom is -0.491 e. The first-order valence-electron chi connectivity index (χ1n) is 11.4. The second-order valence-corrected chi connectivity index (χ2v) is 9.37. The van der Waals surface area contributed by atoms with Gasteiger partial charge < -0.3 is 13.9 Å². The summed E-state index contributed by atoms with van der Waals surface area (Å²) in [6.07, 6.45) is 3.88. The second kappa shape index (κ2) is 9.35. The van der Waals surface area contributed by atoms with Crippen LogP contribution >= 0.6 is 11.6 Å². The number of aryl methyl sites for hydroxylation is 2. The minimum atomic E-state index is -0.590. The lowest BCUT2D eigenvalue weighted by atomic mass is 9.86. The van der Waals surface area contributed by atoms with Crippen molar-refractivity contribution in [2.45, 2.75) is 19.9 Å². The lowest BCUT2D eigenvalue weighted by Crippen LogP contribution is -2.30. The predicted octanol–water partition coefficient (Wildman–Crippen LogP) is 5.09. The molecule has 0 fully saturated rings. The number of imidazole rings is 1. The number of ether oxygens (including phenoxy) is 1.